The average Bonchev–Trinajstić information content (AvgIpc) is 2.99. The van der Waals surface area contributed by atoms with Crippen LogP contribution in [-0.4, -0.2) is 41.9 Å². The highest BCUT2D eigenvalue weighted by Crippen LogP contribution is 2.27. The van der Waals surface area contributed by atoms with Crippen molar-refractivity contribution in [2.75, 3.05) is 11.9 Å². The first-order valence-electron chi connectivity index (χ1n) is 12.4. The van der Waals surface area contributed by atoms with Gasteiger partial charge in [0.1, 0.15) is 0 Å². The standard InChI is InChI=1S/C30H33N3O3/c1-20(2)18-24(26(34)19-21-12-6-4-7-13-21)29(35)32-28-30(36)33(3)25-17-11-10-16-23(25)27(31-28)22-14-8-5-9-15-22/h4-17,20,24,26,28,34H,18-19H2,1-3H3,(H,32,35). The number of nitrogens with one attached hydrogen (secondary N) is 1. The molecular formula is C30H33N3O3. The Morgan fingerprint density at radius 3 is 2.25 bits per heavy atom. The fourth-order valence-corrected chi connectivity index (χ4v) is 4.63. The molecule has 0 fully saturated rings. The maximum absolute atomic E-state index is 13.5. The zero-order valence-electron chi connectivity index (χ0n) is 21.0. The van der Waals surface area contributed by atoms with Gasteiger partial charge in [-0.05, 0) is 30.4 Å². The highest BCUT2D eigenvalue weighted by Gasteiger charge is 2.34. The minimum absolute atomic E-state index is 0.186. The summed E-state index contributed by atoms with van der Waals surface area (Å²) >= 11 is 0. The Bertz CT molecular complexity index is 1220. The molecule has 0 bridgehead atoms. The first-order chi connectivity index (χ1) is 17.3. The molecular weight excluding hydrogens is 450 g/mol. The molecule has 6 heteroatoms. The molecule has 4 rings (SSSR count). The molecule has 0 saturated carbocycles. The van der Waals surface area contributed by atoms with Gasteiger partial charge in [0.15, 0.2) is 0 Å². The molecule has 6 nitrogen and oxygen atoms in total. The number of amides is 2. The second-order valence-electron chi connectivity index (χ2n) is 9.66. The molecule has 0 saturated heterocycles. The number of carbonyl (C=O) groups is 2. The van der Waals surface area contributed by atoms with Crippen molar-refractivity contribution in [3.63, 3.8) is 0 Å². The predicted molar refractivity (Wildman–Crippen MR) is 143 cm³/mol. The van der Waals surface area contributed by atoms with E-state index in [0.717, 1.165) is 22.4 Å². The van der Waals surface area contributed by atoms with Gasteiger partial charge in [0.05, 0.1) is 23.4 Å². The molecule has 3 atom stereocenters. The van der Waals surface area contributed by atoms with E-state index in [-0.39, 0.29) is 17.7 Å². The largest absolute Gasteiger partial charge is 0.392 e. The Morgan fingerprint density at radius 2 is 1.58 bits per heavy atom. The van der Waals surface area contributed by atoms with Gasteiger partial charge in [0, 0.05) is 18.2 Å². The number of aliphatic hydroxyl groups excluding tert-OH is 1. The van der Waals surface area contributed by atoms with Crippen LogP contribution in [0, 0.1) is 11.8 Å². The van der Waals surface area contributed by atoms with Gasteiger partial charge in [-0.25, -0.2) is 4.99 Å². The van der Waals surface area contributed by atoms with Crippen LogP contribution in [0.25, 0.3) is 0 Å². The molecule has 2 N–H and O–H groups in total. The molecule has 3 aromatic carbocycles. The molecule has 2 amide bonds. The second-order valence-corrected chi connectivity index (χ2v) is 9.66. The summed E-state index contributed by atoms with van der Waals surface area (Å²) in [6, 6.07) is 26.9. The summed E-state index contributed by atoms with van der Waals surface area (Å²) < 4.78 is 0. The van der Waals surface area contributed by atoms with E-state index in [4.69, 9.17) is 4.99 Å². The lowest BCUT2D eigenvalue weighted by Crippen LogP contribution is -2.50. The molecule has 1 aliphatic rings. The summed E-state index contributed by atoms with van der Waals surface area (Å²) in [5.74, 6) is -1.20. The molecule has 3 aromatic rings. The van der Waals surface area contributed by atoms with Crippen molar-refractivity contribution < 1.29 is 14.7 Å². The zero-order valence-corrected chi connectivity index (χ0v) is 21.0. The lowest BCUT2D eigenvalue weighted by atomic mass is 9.88. The van der Waals surface area contributed by atoms with Crippen molar-refractivity contribution in [3.8, 4) is 0 Å². The minimum Gasteiger partial charge on any atom is -0.392 e. The van der Waals surface area contributed by atoms with Crippen LogP contribution in [0.2, 0.25) is 0 Å². The van der Waals surface area contributed by atoms with Crippen molar-refractivity contribution in [1.82, 2.24) is 5.32 Å². The third-order valence-electron chi connectivity index (χ3n) is 6.48. The normalized spacial score (nSPS) is 17.1. The Balaban J connectivity index is 1.66. The first kappa shape index (κ1) is 25.3. The Hall–Kier alpha value is -3.77. The molecule has 3 unspecified atom stereocenters. The van der Waals surface area contributed by atoms with Gasteiger partial charge in [-0.3, -0.25) is 9.59 Å². The molecule has 0 spiro atoms. The Labute approximate surface area is 212 Å². The Kier molecular flexibility index (Phi) is 7.96. The van der Waals surface area contributed by atoms with E-state index < -0.39 is 18.2 Å². The van der Waals surface area contributed by atoms with Gasteiger partial charge in [-0.15, -0.1) is 0 Å². The number of fused-ring (bicyclic) bond motifs is 1. The van der Waals surface area contributed by atoms with Crippen LogP contribution in [0.1, 0.15) is 37.0 Å². The summed E-state index contributed by atoms with van der Waals surface area (Å²) in [7, 11) is 1.69. The van der Waals surface area contributed by atoms with Crippen LogP contribution in [0.4, 0.5) is 5.69 Å². The zero-order chi connectivity index (χ0) is 25.7. The summed E-state index contributed by atoms with van der Waals surface area (Å²) in [6.45, 7) is 4.03. The number of benzene rings is 3. The van der Waals surface area contributed by atoms with Crippen LogP contribution >= 0.6 is 0 Å². The van der Waals surface area contributed by atoms with Gasteiger partial charge < -0.3 is 15.3 Å². The van der Waals surface area contributed by atoms with Crippen molar-refractivity contribution in [1.29, 1.82) is 0 Å². The number of carbonyl (C=O) groups excluding carboxylic acids is 2. The van der Waals surface area contributed by atoms with E-state index in [1.807, 2.05) is 98.8 Å². The van der Waals surface area contributed by atoms with Crippen LogP contribution in [0.5, 0.6) is 0 Å². The molecule has 0 aliphatic carbocycles. The van der Waals surface area contributed by atoms with Crippen LogP contribution < -0.4 is 10.2 Å². The third kappa shape index (κ3) is 5.71. The van der Waals surface area contributed by atoms with Crippen LogP contribution in [0.15, 0.2) is 89.9 Å². The van der Waals surface area contributed by atoms with Crippen molar-refractivity contribution in [3.05, 3.63) is 102 Å². The smallest absolute Gasteiger partial charge is 0.272 e. The summed E-state index contributed by atoms with van der Waals surface area (Å²) in [6.07, 6.45) is -1.15. The number of hydrogen-bond acceptors (Lipinski definition) is 4. The number of aliphatic imine (C=N–C) groups is 1. The average molecular weight is 484 g/mol. The molecule has 36 heavy (non-hydrogen) atoms. The molecule has 1 heterocycles. The fourth-order valence-electron chi connectivity index (χ4n) is 4.63. The fraction of sp³-hybridized carbons (Fsp3) is 0.300. The molecule has 0 radical (unpaired) electrons. The van der Waals surface area contributed by atoms with E-state index >= 15 is 0 Å². The van der Waals surface area contributed by atoms with Crippen LogP contribution in [-0.2, 0) is 16.0 Å². The number of benzodiazepines with no additional fused rings is 1. The monoisotopic (exact) mass is 483 g/mol. The lowest BCUT2D eigenvalue weighted by molar-refractivity contribution is -0.133. The van der Waals surface area contributed by atoms with Gasteiger partial charge in [-0.2, -0.15) is 0 Å². The van der Waals surface area contributed by atoms with Gasteiger partial charge in [0.25, 0.3) is 5.91 Å². The highest BCUT2D eigenvalue weighted by atomic mass is 16.3. The number of likely N-dealkylation sites (N-methyl/N-ethyl adjacent to an activating group) is 1. The van der Waals surface area contributed by atoms with Gasteiger partial charge in [0.2, 0.25) is 12.1 Å². The summed E-state index contributed by atoms with van der Waals surface area (Å²) in [4.78, 5) is 33.3. The van der Waals surface area contributed by atoms with Crippen molar-refractivity contribution in [2.24, 2.45) is 16.8 Å². The molecule has 186 valence electrons. The van der Waals surface area contributed by atoms with Crippen molar-refractivity contribution in [2.45, 2.75) is 39.0 Å². The quantitative estimate of drug-likeness (QED) is 0.504. The maximum Gasteiger partial charge on any atom is 0.272 e. The number of aliphatic hydroxyl groups is 1. The van der Waals surface area contributed by atoms with E-state index in [1.165, 1.54) is 4.90 Å². The first-order valence-corrected chi connectivity index (χ1v) is 12.4. The summed E-state index contributed by atoms with van der Waals surface area (Å²) in [5.41, 5.74) is 4.00. The topological polar surface area (TPSA) is 82.0 Å². The van der Waals surface area contributed by atoms with E-state index in [2.05, 4.69) is 5.32 Å². The molecule has 1 aliphatic heterocycles. The highest BCUT2D eigenvalue weighted by molar-refractivity contribution is 6.20. The van der Waals surface area contributed by atoms with Gasteiger partial charge in [-0.1, -0.05) is 92.7 Å². The van der Waals surface area contributed by atoms with E-state index in [9.17, 15) is 14.7 Å². The third-order valence-corrected chi connectivity index (χ3v) is 6.48. The number of anilines is 1. The summed E-state index contributed by atoms with van der Waals surface area (Å²) in [5, 5.41) is 13.9. The Morgan fingerprint density at radius 1 is 0.972 bits per heavy atom. The maximum atomic E-state index is 13.5. The predicted octanol–water partition coefficient (Wildman–Crippen LogP) is 4.21. The van der Waals surface area contributed by atoms with E-state index in [0.29, 0.717) is 18.6 Å². The van der Waals surface area contributed by atoms with Crippen molar-refractivity contribution >= 4 is 23.2 Å². The second kappa shape index (κ2) is 11.3. The SMILES string of the molecule is CC(C)CC(C(=O)NC1N=C(c2ccccc2)c2ccccc2N(C)C1=O)C(O)Cc1ccccc1. The number of rotatable bonds is 8. The molecule has 0 aromatic heterocycles. The minimum atomic E-state index is -1.11. The number of hydrogen-bond donors (Lipinski definition) is 2. The lowest BCUT2D eigenvalue weighted by Gasteiger charge is -2.26. The number of nitrogens with zero attached hydrogens (tertiary/aromatic N) is 2. The number of para-hydroxylation sites is 1. The van der Waals surface area contributed by atoms with E-state index in [1.54, 1.807) is 7.05 Å². The van der Waals surface area contributed by atoms with Crippen LogP contribution in [0.3, 0.4) is 0 Å². The van der Waals surface area contributed by atoms with Gasteiger partial charge >= 0.3 is 0 Å².